The monoisotopic (exact) mass is 367 g/mol. The largest absolute Gasteiger partial charge is 0.364 e. The maximum absolute atomic E-state index is 12.3. The zero-order chi connectivity index (χ0) is 16.2. The van der Waals surface area contributed by atoms with E-state index in [4.69, 9.17) is 10.5 Å². The lowest BCUT2D eigenvalue weighted by Crippen LogP contribution is -2.29. The van der Waals surface area contributed by atoms with E-state index in [0.29, 0.717) is 18.1 Å². The number of carbonyl (C=O) groups is 1. The van der Waals surface area contributed by atoms with E-state index in [-0.39, 0.29) is 24.4 Å². The Bertz CT molecular complexity index is 678. The van der Waals surface area contributed by atoms with Gasteiger partial charge in [-0.2, -0.15) is 0 Å². The van der Waals surface area contributed by atoms with E-state index in [1.54, 1.807) is 0 Å². The molecule has 1 aliphatic rings. The molecule has 1 fully saturated rings. The molecule has 1 aromatic carbocycles. The Hall–Kier alpha value is -1.47. The van der Waals surface area contributed by atoms with E-state index >= 15 is 0 Å². The molecule has 3 rings (SSSR count). The van der Waals surface area contributed by atoms with E-state index in [1.165, 1.54) is 16.2 Å². The van der Waals surface area contributed by atoms with Crippen LogP contribution in [0.15, 0.2) is 30.3 Å². The third-order valence-corrected chi connectivity index (χ3v) is 5.07. The molecule has 5 nitrogen and oxygen atoms in total. The van der Waals surface area contributed by atoms with Crippen LogP contribution in [-0.4, -0.2) is 29.6 Å². The van der Waals surface area contributed by atoms with Gasteiger partial charge in [-0.05, 0) is 19.3 Å². The molecule has 1 aliphatic heterocycles. The molecule has 1 saturated heterocycles. The van der Waals surface area contributed by atoms with Gasteiger partial charge in [0, 0.05) is 17.0 Å². The summed E-state index contributed by atoms with van der Waals surface area (Å²) in [5.41, 5.74) is 7.60. The summed E-state index contributed by atoms with van der Waals surface area (Å²) in [4.78, 5) is 18.1. The molecule has 0 saturated carbocycles. The Balaban J connectivity index is 0.00000208. The molecule has 0 radical (unpaired) electrons. The molecule has 1 amide bonds. The van der Waals surface area contributed by atoms with Crippen LogP contribution in [0.25, 0.3) is 11.3 Å². The zero-order valence-electron chi connectivity index (χ0n) is 13.5. The van der Waals surface area contributed by atoms with Crippen LogP contribution >= 0.6 is 23.7 Å². The van der Waals surface area contributed by atoms with Crippen molar-refractivity contribution in [3.05, 3.63) is 35.2 Å². The lowest BCUT2D eigenvalue weighted by molar-refractivity contribution is -0.126. The quantitative estimate of drug-likeness (QED) is 0.850. The molecular weight excluding hydrogens is 346 g/mol. The van der Waals surface area contributed by atoms with Crippen LogP contribution < -0.4 is 11.1 Å². The number of aromatic nitrogens is 1. The van der Waals surface area contributed by atoms with Gasteiger partial charge in [-0.15, -0.1) is 23.7 Å². The minimum Gasteiger partial charge on any atom is -0.364 e. The molecule has 3 N–H and O–H groups in total. The summed E-state index contributed by atoms with van der Waals surface area (Å²) in [5.74, 6) is -0.128. The first-order valence-electron chi connectivity index (χ1n) is 7.92. The smallest absolute Gasteiger partial charge is 0.255 e. The molecule has 24 heavy (non-hydrogen) atoms. The Labute approximate surface area is 152 Å². The molecule has 0 unspecified atom stereocenters. The molecule has 1 aromatic heterocycles. The highest BCUT2D eigenvalue weighted by Gasteiger charge is 2.30. The Morgan fingerprint density at radius 2 is 2.12 bits per heavy atom. The first-order valence-corrected chi connectivity index (χ1v) is 8.74. The van der Waals surface area contributed by atoms with E-state index in [9.17, 15) is 4.79 Å². The van der Waals surface area contributed by atoms with Gasteiger partial charge in [-0.1, -0.05) is 37.3 Å². The predicted octanol–water partition coefficient (Wildman–Crippen LogP) is 3.24. The molecule has 0 bridgehead atoms. The summed E-state index contributed by atoms with van der Waals surface area (Å²) in [6.45, 7) is 2.55. The van der Waals surface area contributed by atoms with Gasteiger partial charge in [-0.3, -0.25) is 10.1 Å². The molecule has 7 heteroatoms. The summed E-state index contributed by atoms with van der Waals surface area (Å²) in [7, 11) is 0. The fourth-order valence-electron chi connectivity index (χ4n) is 2.72. The third kappa shape index (κ3) is 4.13. The van der Waals surface area contributed by atoms with E-state index < -0.39 is 6.10 Å². The number of nitrogens with zero attached hydrogens (tertiary/aromatic N) is 1. The normalized spacial score (nSPS) is 19.8. The van der Waals surface area contributed by atoms with E-state index in [2.05, 4.69) is 17.2 Å². The van der Waals surface area contributed by atoms with Crippen molar-refractivity contribution in [1.29, 1.82) is 0 Å². The van der Waals surface area contributed by atoms with Gasteiger partial charge >= 0.3 is 0 Å². The number of nitrogens with two attached hydrogens (primary N) is 1. The summed E-state index contributed by atoms with van der Waals surface area (Å²) >= 11 is 1.52. The van der Waals surface area contributed by atoms with Crippen molar-refractivity contribution in [1.82, 2.24) is 4.98 Å². The first kappa shape index (κ1) is 18.9. The van der Waals surface area contributed by atoms with Gasteiger partial charge in [-0.25, -0.2) is 4.98 Å². The van der Waals surface area contributed by atoms with Crippen molar-refractivity contribution in [3.8, 4) is 11.3 Å². The average Bonchev–Trinajstić information content (AvgIpc) is 3.22. The molecule has 0 aliphatic carbocycles. The maximum atomic E-state index is 12.3. The lowest BCUT2D eigenvalue weighted by Gasteiger charge is -2.11. The topological polar surface area (TPSA) is 77.2 Å². The highest BCUT2D eigenvalue weighted by molar-refractivity contribution is 7.16. The van der Waals surface area contributed by atoms with E-state index in [0.717, 1.165) is 24.1 Å². The second-order valence-corrected chi connectivity index (χ2v) is 6.64. The first-order chi connectivity index (χ1) is 11.2. The lowest BCUT2D eigenvalue weighted by atomic mass is 10.1. The molecule has 2 aromatic rings. The minimum absolute atomic E-state index is 0. The van der Waals surface area contributed by atoms with Crippen molar-refractivity contribution in [2.75, 3.05) is 11.9 Å². The number of hydrogen-bond donors (Lipinski definition) is 2. The van der Waals surface area contributed by atoms with Crippen molar-refractivity contribution in [2.45, 2.75) is 38.4 Å². The van der Waals surface area contributed by atoms with Gasteiger partial charge in [0.15, 0.2) is 5.13 Å². The van der Waals surface area contributed by atoms with Crippen molar-refractivity contribution in [2.24, 2.45) is 5.73 Å². The van der Waals surface area contributed by atoms with Gasteiger partial charge in [0.25, 0.3) is 5.91 Å². The maximum Gasteiger partial charge on any atom is 0.255 e. The fraction of sp³-hybridized carbons (Fsp3) is 0.412. The number of amides is 1. The SMILES string of the molecule is CCc1sc(NC(=O)[C@@H]2CC[C@H](CN)O2)nc1-c1ccccc1.Cl. The summed E-state index contributed by atoms with van der Waals surface area (Å²) < 4.78 is 5.63. The van der Waals surface area contributed by atoms with Crippen LogP contribution in [0.3, 0.4) is 0 Å². The summed E-state index contributed by atoms with van der Waals surface area (Å²) in [6, 6.07) is 10.0. The van der Waals surface area contributed by atoms with Gasteiger partial charge in [0.2, 0.25) is 0 Å². The van der Waals surface area contributed by atoms with Crippen molar-refractivity contribution in [3.63, 3.8) is 0 Å². The van der Waals surface area contributed by atoms with Crippen LogP contribution in [0.1, 0.15) is 24.6 Å². The minimum atomic E-state index is -0.419. The molecular formula is C17H22ClN3O2S. The number of anilines is 1. The number of nitrogens with one attached hydrogen (secondary N) is 1. The van der Waals surface area contributed by atoms with Gasteiger partial charge in [0.05, 0.1) is 11.8 Å². The highest BCUT2D eigenvalue weighted by Crippen LogP contribution is 2.32. The standard InChI is InChI=1S/C17H21N3O2S.ClH/c1-2-14-15(11-6-4-3-5-7-11)19-17(23-14)20-16(21)13-9-8-12(10-18)22-13;/h3-7,12-13H,2,8-10,18H2,1H3,(H,19,20,21);1H/t12-,13+;/m1./s1. The fourth-order valence-corrected chi connectivity index (χ4v) is 3.65. The third-order valence-electron chi connectivity index (χ3n) is 3.96. The van der Waals surface area contributed by atoms with Crippen LogP contribution in [-0.2, 0) is 16.0 Å². The number of thiazole rings is 1. The molecule has 2 atom stereocenters. The van der Waals surface area contributed by atoms with Gasteiger partial charge < -0.3 is 10.5 Å². The number of benzene rings is 1. The summed E-state index contributed by atoms with van der Waals surface area (Å²) in [5, 5.41) is 3.53. The Morgan fingerprint density at radius 1 is 1.38 bits per heavy atom. The molecule has 0 spiro atoms. The van der Waals surface area contributed by atoms with Crippen molar-refractivity contribution >= 4 is 34.8 Å². The average molecular weight is 368 g/mol. The highest BCUT2D eigenvalue weighted by atomic mass is 35.5. The van der Waals surface area contributed by atoms with Crippen LogP contribution in [0.2, 0.25) is 0 Å². The van der Waals surface area contributed by atoms with Crippen LogP contribution in [0, 0.1) is 0 Å². The van der Waals surface area contributed by atoms with E-state index in [1.807, 2.05) is 30.3 Å². The second kappa shape index (κ2) is 8.58. The molecule has 130 valence electrons. The van der Waals surface area contributed by atoms with Crippen LogP contribution in [0.5, 0.6) is 0 Å². The number of hydrogen-bond acceptors (Lipinski definition) is 5. The van der Waals surface area contributed by atoms with Crippen LogP contribution in [0.4, 0.5) is 5.13 Å². The number of halogens is 1. The second-order valence-electron chi connectivity index (χ2n) is 5.56. The predicted molar refractivity (Wildman–Crippen MR) is 99.8 cm³/mol. The van der Waals surface area contributed by atoms with Gasteiger partial charge in [0.1, 0.15) is 6.10 Å². The Morgan fingerprint density at radius 3 is 2.75 bits per heavy atom. The zero-order valence-corrected chi connectivity index (χ0v) is 15.2. The number of aryl methyl sites for hydroxylation is 1. The van der Waals surface area contributed by atoms with Crippen molar-refractivity contribution < 1.29 is 9.53 Å². The number of rotatable bonds is 5. The Kier molecular flexibility index (Phi) is 6.74. The molecule has 2 heterocycles. The number of carbonyl (C=O) groups excluding carboxylic acids is 1. The summed E-state index contributed by atoms with van der Waals surface area (Å²) in [6.07, 6.45) is 2.01. The number of ether oxygens (including phenoxy) is 1.